The summed E-state index contributed by atoms with van der Waals surface area (Å²) in [6.07, 6.45) is 21.9. The number of nitrogens with zero attached hydrogens (tertiary/aromatic N) is 4. The molecule has 0 radical (unpaired) electrons. The quantitative estimate of drug-likeness (QED) is 0.0249. The van der Waals surface area contributed by atoms with E-state index in [0.717, 1.165) is 23.8 Å². The number of ether oxygens (including phenoxy) is 1. The van der Waals surface area contributed by atoms with Crippen molar-refractivity contribution < 1.29 is 28.4 Å². The second-order valence-corrected chi connectivity index (χ2v) is 14.0. The summed E-state index contributed by atoms with van der Waals surface area (Å²) in [7, 11) is -4.74. The fourth-order valence-electron chi connectivity index (χ4n) is 5.54. The average molecular weight is 670 g/mol. The third kappa shape index (κ3) is 15.0. The molecule has 0 bridgehead atoms. The van der Waals surface area contributed by atoms with Gasteiger partial charge in [-0.1, -0.05) is 121 Å². The first-order valence-corrected chi connectivity index (χ1v) is 18.7. The van der Waals surface area contributed by atoms with Crippen LogP contribution in [0.1, 0.15) is 141 Å². The Bertz CT molecular complexity index is 1230. The topological polar surface area (TPSA) is 201 Å². The number of carbonyl (C=O) groups is 1. The van der Waals surface area contributed by atoms with Gasteiger partial charge in [0.25, 0.3) is 5.56 Å². The summed E-state index contributed by atoms with van der Waals surface area (Å²) in [5.74, 6) is 0. The maximum atomic E-state index is 12.8. The van der Waals surface area contributed by atoms with Crippen molar-refractivity contribution >= 4 is 13.3 Å². The van der Waals surface area contributed by atoms with Crippen LogP contribution in [0.3, 0.4) is 0 Å². The molecule has 4 atom stereocenters. The van der Waals surface area contributed by atoms with E-state index in [2.05, 4.69) is 27.4 Å². The zero-order valence-corrected chi connectivity index (χ0v) is 28.6. The third-order valence-corrected chi connectivity index (χ3v) is 9.62. The maximum absolute atomic E-state index is 12.8. The predicted octanol–water partition coefficient (Wildman–Crippen LogP) is 6.93. The van der Waals surface area contributed by atoms with Crippen LogP contribution >= 0.6 is 7.60 Å². The molecule has 0 amide bonds. The SMILES string of the molecule is CCCCCCCCCCCCCCCCCCCCNOP(=O)(OC[C@H]1O[C@@H](n2cc(C)c(=O)[nH]c2=O)C[C@@H]1N=[N+]=[N-])C(=O)[O-]. The van der Waals surface area contributed by atoms with E-state index in [-0.39, 0.29) is 18.5 Å². The Balaban J connectivity index is 1.57. The van der Waals surface area contributed by atoms with Crippen molar-refractivity contribution in [3.63, 3.8) is 0 Å². The van der Waals surface area contributed by atoms with Gasteiger partial charge in [0.05, 0.1) is 18.8 Å². The molecule has 14 nitrogen and oxygen atoms in total. The number of nitrogens with one attached hydrogen (secondary N) is 2. The standard InChI is InChI=1S/C31H55N6O8P/c1-3-4-5-6-7-8-9-10-11-12-13-14-15-16-17-18-19-20-21-33-45-46(42,31(40)41)43-24-27-26(35-36-32)22-28(44-27)37-23-25(2)29(38)34-30(37)39/h23,26-28,33H,3-22,24H2,1-2H3,(H,40,41)(H,34,38,39)/p-1/t26-,27+,28+,46?/m0/s1. The second-order valence-electron chi connectivity index (χ2n) is 12.2. The normalized spacial score (nSPS) is 19.1. The number of hydroxylamine groups is 1. The molecule has 1 fully saturated rings. The van der Waals surface area contributed by atoms with Gasteiger partial charge in [0, 0.05) is 29.6 Å². The molecule has 1 saturated heterocycles. The minimum atomic E-state index is -4.74. The smallest absolute Gasteiger partial charge is 0.393 e. The zero-order valence-electron chi connectivity index (χ0n) is 27.7. The lowest BCUT2D eigenvalue weighted by Gasteiger charge is -2.22. The predicted molar refractivity (Wildman–Crippen MR) is 174 cm³/mol. The van der Waals surface area contributed by atoms with Crippen molar-refractivity contribution in [2.45, 2.75) is 154 Å². The molecular formula is C31H54N6O8P-. The Morgan fingerprint density at radius 2 is 1.54 bits per heavy atom. The highest BCUT2D eigenvalue weighted by atomic mass is 31.2. The molecule has 1 aromatic heterocycles. The lowest BCUT2D eigenvalue weighted by Crippen LogP contribution is -2.33. The van der Waals surface area contributed by atoms with Crippen LogP contribution in [0.15, 0.2) is 20.9 Å². The largest absolute Gasteiger partial charge is 0.538 e. The number of unbranched alkanes of at least 4 members (excludes halogenated alkanes) is 17. The first-order chi connectivity index (χ1) is 22.2. The van der Waals surface area contributed by atoms with Crippen molar-refractivity contribution in [3.05, 3.63) is 43.0 Å². The monoisotopic (exact) mass is 669 g/mol. The molecule has 1 aliphatic heterocycles. The Labute approximate surface area is 272 Å². The minimum Gasteiger partial charge on any atom is -0.538 e. The van der Waals surface area contributed by atoms with Gasteiger partial charge in [-0.2, -0.15) is 5.48 Å². The molecule has 0 saturated carbocycles. The number of carboxylic acid groups (broad SMARTS) is 1. The highest BCUT2D eigenvalue weighted by Crippen LogP contribution is 2.47. The van der Waals surface area contributed by atoms with Crippen molar-refractivity contribution in [1.82, 2.24) is 15.0 Å². The van der Waals surface area contributed by atoms with Crippen LogP contribution in [0.25, 0.3) is 10.4 Å². The molecular weight excluding hydrogens is 615 g/mol. The van der Waals surface area contributed by atoms with Crippen molar-refractivity contribution in [2.75, 3.05) is 13.2 Å². The van der Waals surface area contributed by atoms with Crippen molar-refractivity contribution in [3.8, 4) is 0 Å². The molecule has 1 aliphatic rings. The number of aromatic amines is 1. The van der Waals surface area contributed by atoms with Crippen LogP contribution in [-0.4, -0.2) is 40.6 Å². The maximum Gasteiger partial charge on any atom is 0.393 e. The van der Waals surface area contributed by atoms with Crippen LogP contribution in [-0.2, 0) is 18.5 Å². The van der Waals surface area contributed by atoms with Gasteiger partial charge in [0.2, 0.25) is 0 Å². The summed E-state index contributed by atoms with van der Waals surface area (Å²) in [5, 5.41) is 15.2. The fraction of sp³-hybridized carbons (Fsp3) is 0.839. The van der Waals surface area contributed by atoms with Crippen LogP contribution in [0.2, 0.25) is 0 Å². The van der Waals surface area contributed by atoms with Crippen LogP contribution < -0.4 is 21.8 Å². The molecule has 2 N–H and O–H groups in total. The van der Waals surface area contributed by atoms with Gasteiger partial charge in [-0.15, -0.1) is 0 Å². The number of hydrogen-bond donors (Lipinski definition) is 2. The van der Waals surface area contributed by atoms with Gasteiger partial charge >= 0.3 is 13.3 Å². The Morgan fingerprint density at radius 1 is 1.02 bits per heavy atom. The highest BCUT2D eigenvalue weighted by Gasteiger charge is 2.39. The Kier molecular flexibility index (Phi) is 19.8. The summed E-state index contributed by atoms with van der Waals surface area (Å²) >= 11 is 0. The summed E-state index contributed by atoms with van der Waals surface area (Å²) in [5.41, 5.74) is 8.31. The number of carbonyl (C=O) groups excluding carboxylic acids is 1. The van der Waals surface area contributed by atoms with Crippen LogP contribution in [0.5, 0.6) is 0 Å². The van der Waals surface area contributed by atoms with Gasteiger partial charge in [0.1, 0.15) is 6.23 Å². The molecule has 1 aromatic rings. The van der Waals surface area contributed by atoms with Crippen molar-refractivity contribution in [2.24, 2.45) is 5.11 Å². The lowest BCUT2D eigenvalue weighted by atomic mass is 10.0. The lowest BCUT2D eigenvalue weighted by molar-refractivity contribution is -0.237. The van der Waals surface area contributed by atoms with Gasteiger partial charge in [-0.05, 0) is 18.9 Å². The number of hydrogen-bond acceptors (Lipinski definition) is 10. The zero-order chi connectivity index (χ0) is 33.6. The van der Waals surface area contributed by atoms with Crippen LogP contribution in [0.4, 0.5) is 4.79 Å². The second kappa shape index (κ2) is 23.0. The van der Waals surface area contributed by atoms with Crippen LogP contribution in [0, 0.1) is 6.92 Å². The van der Waals surface area contributed by atoms with E-state index in [1.165, 1.54) is 103 Å². The number of H-pyrrole nitrogens is 1. The average Bonchev–Trinajstić information content (AvgIpc) is 3.43. The molecule has 1 unspecified atom stereocenters. The molecule has 0 spiro atoms. The summed E-state index contributed by atoms with van der Waals surface area (Å²) in [6, 6.07) is -0.864. The summed E-state index contributed by atoms with van der Waals surface area (Å²) in [4.78, 5) is 40.5. The number of aromatic nitrogens is 2. The first kappa shape index (κ1) is 39.7. The van der Waals surface area contributed by atoms with Crippen molar-refractivity contribution in [1.29, 1.82) is 0 Å². The van der Waals surface area contributed by atoms with E-state index in [9.17, 15) is 24.1 Å². The summed E-state index contributed by atoms with van der Waals surface area (Å²) in [6.45, 7) is 3.47. The van der Waals surface area contributed by atoms with Gasteiger partial charge in [-0.3, -0.25) is 18.9 Å². The number of rotatable bonds is 27. The van der Waals surface area contributed by atoms with E-state index in [4.69, 9.17) is 19.4 Å². The molecule has 15 heteroatoms. The first-order valence-electron chi connectivity index (χ1n) is 17.1. The molecule has 2 heterocycles. The Hall–Kier alpha value is -2.47. The Morgan fingerprint density at radius 3 is 2.04 bits per heavy atom. The molecule has 262 valence electrons. The number of aryl methyl sites for hydroxylation is 1. The molecule has 0 aliphatic carbocycles. The van der Waals surface area contributed by atoms with E-state index < -0.39 is 49.5 Å². The van der Waals surface area contributed by atoms with Gasteiger partial charge < -0.3 is 19.2 Å². The number of azide groups is 1. The van der Waals surface area contributed by atoms with Gasteiger partial charge in [-0.25, -0.2) is 9.42 Å². The van der Waals surface area contributed by atoms with E-state index in [1.807, 2.05) is 0 Å². The molecule has 46 heavy (non-hydrogen) atoms. The third-order valence-electron chi connectivity index (χ3n) is 8.31. The highest BCUT2D eigenvalue weighted by molar-refractivity contribution is 7.70. The van der Waals surface area contributed by atoms with Gasteiger partial charge in [0.15, 0.2) is 5.71 Å². The molecule has 0 aromatic carbocycles. The fourth-order valence-corrected chi connectivity index (χ4v) is 6.38. The molecule has 2 rings (SSSR count). The minimum absolute atomic E-state index is 0.0393. The van der Waals surface area contributed by atoms with E-state index >= 15 is 0 Å². The van der Waals surface area contributed by atoms with E-state index in [1.54, 1.807) is 0 Å². The summed E-state index contributed by atoms with van der Waals surface area (Å²) < 4.78 is 29.7. The van der Waals surface area contributed by atoms with E-state index in [0.29, 0.717) is 6.42 Å².